The molecule has 0 radical (unpaired) electrons. The molecule has 5 nitrogen and oxygen atoms in total. The Balaban J connectivity index is 2.42. The first kappa shape index (κ1) is 22.9. The summed E-state index contributed by atoms with van der Waals surface area (Å²) in [6.07, 6.45) is 16.5. The quantitative estimate of drug-likeness (QED) is 0.321. The molecular formula is C21H36O5. The lowest BCUT2D eigenvalue weighted by molar-refractivity contribution is -0.137. The molecule has 1 unspecified atom stereocenters. The van der Waals surface area contributed by atoms with Crippen molar-refractivity contribution in [3.63, 3.8) is 0 Å². The van der Waals surface area contributed by atoms with Gasteiger partial charge in [0, 0.05) is 32.5 Å². The molecule has 0 bridgehead atoms. The number of hydrogen-bond donors (Lipinski definition) is 3. The van der Waals surface area contributed by atoms with Crippen LogP contribution in [0, 0.1) is 11.8 Å². The standard InChI is InChI=1S/C21H36O5/c1-26-20-16-19(23)17(12-8-5-6-10-14-21(24)25)18(20)13-9-4-2-3-7-11-15-22/h5,8-9,13,17-20,22-23H,2-4,6-7,10-12,14-16H2,1H3,(H,24,25)/t17?,18-,19+,20-/m1/s1. The van der Waals surface area contributed by atoms with Crippen LogP contribution in [-0.4, -0.2) is 47.2 Å². The summed E-state index contributed by atoms with van der Waals surface area (Å²) in [6.45, 7) is 0.275. The van der Waals surface area contributed by atoms with Gasteiger partial charge in [-0.25, -0.2) is 0 Å². The minimum Gasteiger partial charge on any atom is -0.481 e. The summed E-state index contributed by atoms with van der Waals surface area (Å²) in [5.41, 5.74) is 0. The maximum atomic E-state index is 10.5. The summed E-state index contributed by atoms with van der Waals surface area (Å²) in [4.78, 5) is 10.5. The van der Waals surface area contributed by atoms with Crippen LogP contribution < -0.4 is 0 Å². The Bertz CT molecular complexity index is 432. The van der Waals surface area contributed by atoms with Gasteiger partial charge in [0.2, 0.25) is 0 Å². The molecule has 0 heterocycles. The summed E-state index contributed by atoms with van der Waals surface area (Å²) in [6, 6.07) is 0. The molecule has 26 heavy (non-hydrogen) atoms. The van der Waals surface area contributed by atoms with Crippen LogP contribution in [0.5, 0.6) is 0 Å². The summed E-state index contributed by atoms with van der Waals surface area (Å²) in [5.74, 6) is -0.383. The first-order chi connectivity index (χ1) is 12.6. The van der Waals surface area contributed by atoms with Crippen LogP contribution in [-0.2, 0) is 9.53 Å². The predicted molar refractivity (Wildman–Crippen MR) is 103 cm³/mol. The third-order valence-corrected chi connectivity index (χ3v) is 5.17. The maximum Gasteiger partial charge on any atom is 0.303 e. The fourth-order valence-electron chi connectivity index (χ4n) is 3.66. The highest BCUT2D eigenvalue weighted by Gasteiger charge is 2.40. The number of aliphatic hydroxyl groups excluding tert-OH is 2. The molecule has 4 atom stereocenters. The first-order valence-corrected chi connectivity index (χ1v) is 9.95. The van der Waals surface area contributed by atoms with Gasteiger partial charge in [-0.15, -0.1) is 0 Å². The second kappa shape index (κ2) is 14.0. The van der Waals surface area contributed by atoms with Crippen molar-refractivity contribution < 1.29 is 24.9 Å². The largest absolute Gasteiger partial charge is 0.481 e. The molecule has 0 aromatic rings. The van der Waals surface area contributed by atoms with Crippen molar-refractivity contribution in [1.29, 1.82) is 0 Å². The van der Waals surface area contributed by atoms with Crippen LogP contribution >= 0.6 is 0 Å². The molecule has 0 saturated heterocycles. The summed E-state index contributed by atoms with van der Waals surface area (Å²) in [7, 11) is 1.71. The fourth-order valence-corrected chi connectivity index (χ4v) is 3.66. The number of allylic oxidation sites excluding steroid dienone is 3. The number of methoxy groups -OCH3 is 1. The van der Waals surface area contributed by atoms with E-state index in [2.05, 4.69) is 18.2 Å². The van der Waals surface area contributed by atoms with Gasteiger partial charge in [-0.3, -0.25) is 4.79 Å². The van der Waals surface area contributed by atoms with Gasteiger partial charge in [-0.1, -0.05) is 37.1 Å². The van der Waals surface area contributed by atoms with Crippen molar-refractivity contribution in [1.82, 2.24) is 0 Å². The molecule has 1 rings (SSSR count). The van der Waals surface area contributed by atoms with Gasteiger partial charge in [-0.2, -0.15) is 0 Å². The summed E-state index contributed by atoms with van der Waals surface area (Å²) < 4.78 is 5.58. The zero-order valence-electron chi connectivity index (χ0n) is 16.1. The first-order valence-electron chi connectivity index (χ1n) is 9.95. The molecule has 0 aliphatic heterocycles. The average molecular weight is 369 g/mol. The highest BCUT2D eigenvalue weighted by Crippen LogP contribution is 2.38. The SMILES string of the molecule is CO[C@@H]1C[C@H](O)C(CC=CCCCC(=O)O)[C@H]1C=CCCCCCCO. The molecule has 1 aliphatic rings. The second-order valence-corrected chi connectivity index (χ2v) is 7.17. The third-order valence-electron chi connectivity index (χ3n) is 5.17. The molecule has 1 aliphatic carbocycles. The number of carboxylic acid groups (broad SMARTS) is 1. The van der Waals surface area contributed by atoms with Gasteiger partial charge in [0.1, 0.15) is 0 Å². The van der Waals surface area contributed by atoms with E-state index in [1.54, 1.807) is 7.11 Å². The lowest BCUT2D eigenvalue weighted by Crippen LogP contribution is -2.21. The Morgan fingerprint density at radius 2 is 1.81 bits per heavy atom. The number of carboxylic acids is 1. The maximum absolute atomic E-state index is 10.5. The van der Waals surface area contributed by atoms with E-state index in [1.807, 2.05) is 6.08 Å². The lowest BCUT2D eigenvalue weighted by atomic mass is 9.89. The lowest BCUT2D eigenvalue weighted by Gasteiger charge is -2.20. The van der Waals surface area contributed by atoms with Crippen molar-refractivity contribution in [2.45, 2.75) is 76.4 Å². The molecule has 1 saturated carbocycles. The number of aliphatic carboxylic acids is 1. The Labute approximate surface area is 157 Å². The minimum absolute atomic E-state index is 0.0565. The highest BCUT2D eigenvalue weighted by atomic mass is 16.5. The number of carbonyl (C=O) groups is 1. The van der Waals surface area contributed by atoms with E-state index in [0.29, 0.717) is 12.8 Å². The number of ether oxygens (including phenoxy) is 1. The van der Waals surface area contributed by atoms with Crippen LogP contribution in [0.4, 0.5) is 0 Å². The molecular weight excluding hydrogens is 332 g/mol. The number of unbranched alkanes of at least 4 members (excludes halogenated alkanes) is 5. The van der Waals surface area contributed by atoms with Crippen molar-refractivity contribution in [2.24, 2.45) is 11.8 Å². The van der Waals surface area contributed by atoms with Gasteiger partial charge in [-0.05, 0) is 44.4 Å². The average Bonchev–Trinajstić information content (AvgIpc) is 2.92. The number of hydrogen-bond acceptors (Lipinski definition) is 4. The number of rotatable bonds is 14. The number of aliphatic hydroxyl groups is 2. The summed E-state index contributed by atoms with van der Waals surface area (Å²) in [5, 5.41) is 27.8. The molecule has 0 amide bonds. The third kappa shape index (κ3) is 8.97. The van der Waals surface area contributed by atoms with E-state index in [0.717, 1.165) is 44.9 Å². The van der Waals surface area contributed by atoms with Crippen molar-refractivity contribution in [3.05, 3.63) is 24.3 Å². The van der Waals surface area contributed by atoms with E-state index in [1.165, 1.54) is 0 Å². The van der Waals surface area contributed by atoms with Gasteiger partial charge in [0.15, 0.2) is 0 Å². The van der Waals surface area contributed by atoms with Gasteiger partial charge >= 0.3 is 5.97 Å². The second-order valence-electron chi connectivity index (χ2n) is 7.17. The molecule has 1 fully saturated rings. The van der Waals surface area contributed by atoms with Crippen LogP contribution in [0.3, 0.4) is 0 Å². The van der Waals surface area contributed by atoms with Crippen LogP contribution in [0.2, 0.25) is 0 Å². The van der Waals surface area contributed by atoms with E-state index in [-0.39, 0.29) is 37.1 Å². The van der Waals surface area contributed by atoms with Gasteiger partial charge in [0.05, 0.1) is 12.2 Å². The molecule has 150 valence electrons. The van der Waals surface area contributed by atoms with Gasteiger partial charge < -0.3 is 20.1 Å². The molecule has 5 heteroatoms. The van der Waals surface area contributed by atoms with E-state index in [4.69, 9.17) is 14.9 Å². The summed E-state index contributed by atoms with van der Waals surface area (Å²) >= 11 is 0. The van der Waals surface area contributed by atoms with E-state index >= 15 is 0 Å². The highest BCUT2D eigenvalue weighted by molar-refractivity contribution is 5.66. The zero-order valence-corrected chi connectivity index (χ0v) is 16.1. The Morgan fingerprint density at radius 1 is 1.08 bits per heavy atom. The predicted octanol–water partition coefficient (Wildman–Crippen LogP) is 3.70. The van der Waals surface area contributed by atoms with Crippen LogP contribution in [0.15, 0.2) is 24.3 Å². The van der Waals surface area contributed by atoms with E-state index in [9.17, 15) is 9.90 Å². The topological polar surface area (TPSA) is 87.0 Å². The smallest absolute Gasteiger partial charge is 0.303 e. The normalized spacial score (nSPS) is 26.3. The minimum atomic E-state index is -0.755. The van der Waals surface area contributed by atoms with Crippen molar-refractivity contribution in [3.8, 4) is 0 Å². The molecule has 3 N–H and O–H groups in total. The Morgan fingerprint density at radius 3 is 2.50 bits per heavy atom. The van der Waals surface area contributed by atoms with Crippen molar-refractivity contribution in [2.75, 3.05) is 13.7 Å². The van der Waals surface area contributed by atoms with Crippen LogP contribution in [0.1, 0.15) is 64.2 Å². The fraction of sp³-hybridized carbons (Fsp3) is 0.762. The molecule has 0 spiro atoms. The Hall–Kier alpha value is -1.17. The van der Waals surface area contributed by atoms with Crippen LogP contribution in [0.25, 0.3) is 0 Å². The monoisotopic (exact) mass is 368 g/mol. The van der Waals surface area contributed by atoms with Gasteiger partial charge in [0.25, 0.3) is 0 Å². The van der Waals surface area contributed by atoms with Crippen molar-refractivity contribution >= 4 is 5.97 Å². The molecule has 0 aromatic carbocycles. The molecule has 0 aromatic heterocycles. The Kier molecular flexibility index (Phi) is 12.3. The zero-order chi connectivity index (χ0) is 19.2. The van der Waals surface area contributed by atoms with E-state index < -0.39 is 5.97 Å².